The zero-order chi connectivity index (χ0) is 13.0. The summed E-state index contributed by atoms with van der Waals surface area (Å²) in [6.07, 6.45) is 2.45. The van der Waals surface area contributed by atoms with Crippen LogP contribution in [-0.4, -0.2) is 36.4 Å². The quantitative estimate of drug-likeness (QED) is 0.785. The number of hydrogen-bond donors (Lipinski definition) is 0. The van der Waals surface area contributed by atoms with E-state index in [9.17, 15) is 4.79 Å². The van der Waals surface area contributed by atoms with Gasteiger partial charge in [-0.3, -0.25) is 4.79 Å². The van der Waals surface area contributed by atoms with E-state index in [0.717, 1.165) is 31.7 Å². The van der Waals surface area contributed by atoms with E-state index in [-0.39, 0.29) is 5.97 Å². The fourth-order valence-electron chi connectivity index (χ4n) is 2.16. The molecule has 0 atom stereocenters. The van der Waals surface area contributed by atoms with Crippen molar-refractivity contribution in [2.24, 2.45) is 5.92 Å². The summed E-state index contributed by atoms with van der Waals surface area (Å²) in [5.74, 6) is 1.13. The second-order valence-electron chi connectivity index (χ2n) is 4.42. The van der Waals surface area contributed by atoms with E-state index < -0.39 is 0 Å². The van der Waals surface area contributed by atoms with Crippen LogP contribution >= 0.6 is 11.6 Å². The zero-order valence-electron chi connectivity index (χ0n) is 10.3. The van der Waals surface area contributed by atoms with Gasteiger partial charge in [-0.1, -0.05) is 11.6 Å². The molecule has 0 aromatic carbocycles. The van der Waals surface area contributed by atoms with Crippen LogP contribution < -0.4 is 4.90 Å². The number of ether oxygens (including phenoxy) is 1. The average molecular weight is 270 g/mol. The van der Waals surface area contributed by atoms with Gasteiger partial charge in [0.15, 0.2) is 11.0 Å². The van der Waals surface area contributed by atoms with Gasteiger partial charge in [-0.05, 0) is 30.9 Å². The fourth-order valence-corrected chi connectivity index (χ4v) is 2.26. The Morgan fingerprint density at radius 3 is 2.72 bits per heavy atom. The van der Waals surface area contributed by atoms with Crippen molar-refractivity contribution in [3.8, 4) is 0 Å². The lowest BCUT2D eigenvalue weighted by atomic mass is 9.93. The number of rotatable bonds is 3. The lowest BCUT2D eigenvalue weighted by Gasteiger charge is -2.31. The molecule has 0 bridgehead atoms. The molecule has 98 valence electrons. The minimum absolute atomic E-state index is 0.125. The first-order valence-corrected chi connectivity index (χ1v) is 6.38. The Morgan fingerprint density at radius 1 is 1.44 bits per heavy atom. The summed E-state index contributed by atoms with van der Waals surface area (Å²) in [7, 11) is 1.43. The van der Waals surface area contributed by atoms with E-state index in [0.29, 0.717) is 17.5 Å². The molecule has 2 rings (SSSR count). The van der Waals surface area contributed by atoms with Crippen LogP contribution in [0.25, 0.3) is 0 Å². The van der Waals surface area contributed by atoms with Crippen molar-refractivity contribution in [2.75, 3.05) is 25.1 Å². The van der Waals surface area contributed by atoms with Crippen LogP contribution in [0.1, 0.15) is 19.3 Å². The molecule has 1 aromatic heterocycles. The Labute approximate surface area is 111 Å². The summed E-state index contributed by atoms with van der Waals surface area (Å²) in [5, 5.41) is 8.29. The molecule has 18 heavy (non-hydrogen) atoms. The predicted octanol–water partition coefficient (Wildman–Crippen LogP) is 1.91. The topological polar surface area (TPSA) is 55.3 Å². The van der Waals surface area contributed by atoms with Gasteiger partial charge in [0.1, 0.15) is 0 Å². The summed E-state index contributed by atoms with van der Waals surface area (Å²) < 4.78 is 4.69. The van der Waals surface area contributed by atoms with Crippen LogP contribution in [0.4, 0.5) is 5.82 Å². The predicted molar refractivity (Wildman–Crippen MR) is 68.6 cm³/mol. The first kappa shape index (κ1) is 13.1. The Morgan fingerprint density at radius 2 is 2.17 bits per heavy atom. The number of carbonyl (C=O) groups excluding carboxylic acids is 1. The lowest BCUT2D eigenvalue weighted by Crippen LogP contribution is -2.35. The van der Waals surface area contributed by atoms with E-state index >= 15 is 0 Å². The average Bonchev–Trinajstić information content (AvgIpc) is 2.40. The highest BCUT2D eigenvalue weighted by molar-refractivity contribution is 6.29. The fraction of sp³-hybridized carbons (Fsp3) is 0.583. The number of carbonyl (C=O) groups is 1. The molecule has 5 nitrogen and oxygen atoms in total. The van der Waals surface area contributed by atoms with E-state index in [1.165, 1.54) is 7.11 Å². The Bertz CT molecular complexity index is 402. The molecule has 6 heteroatoms. The van der Waals surface area contributed by atoms with Crippen LogP contribution in [0.15, 0.2) is 12.1 Å². The molecule has 1 aliphatic rings. The summed E-state index contributed by atoms with van der Waals surface area (Å²) in [5.41, 5.74) is 0. The number of aromatic nitrogens is 2. The van der Waals surface area contributed by atoms with Gasteiger partial charge < -0.3 is 9.64 Å². The normalized spacial score (nSPS) is 16.7. The first-order valence-electron chi connectivity index (χ1n) is 6.00. The first-order chi connectivity index (χ1) is 8.69. The van der Waals surface area contributed by atoms with Gasteiger partial charge in [-0.15, -0.1) is 10.2 Å². The van der Waals surface area contributed by atoms with Gasteiger partial charge in [-0.2, -0.15) is 0 Å². The number of halogens is 1. The van der Waals surface area contributed by atoms with E-state index in [1.54, 1.807) is 6.07 Å². The molecular weight excluding hydrogens is 254 g/mol. The number of nitrogens with zero attached hydrogens (tertiary/aromatic N) is 3. The summed E-state index contributed by atoms with van der Waals surface area (Å²) in [6, 6.07) is 3.61. The van der Waals surface area contributed by atoms with Crippen molar-refractivity contribution in [3.63, 3.8) is 0 Å². The van der Waals surface area contributed by atoms with Crippen LogP contribution in [0.5, 0.6) is 0 Å². The van der Waals surface area contributed by atoms with E-state index in [1.807, 2.05) is 6.07 Å². The van der Waals surface area contributed by atoms with Crippen molar-refractivity contribution < 1.29 is 9.53 Å². The highest BCUT2D eigenvalue weighted by atomic mass is 35.5. The number of anilines is 1. The standard InChI is InChI=1S/C12H16ClN3O2/c1-18-12(17)8-9-4-6-16(7-5-9)11-3-2-10(13)14-15-11/h2-3,9H,4-8H2,1H3. The molecule has 1 aliphatic heterocycles. The minimum atomic E-state index is -0.125. The molecule has 0 saturated carbocycles. The molecule has 0 amide bonds. The molecule has 1 saturated heterocycles. The highest BCUT2D eigenvalue weighted by Gasteiger charge is 2.22. The van der Waals surface area contributed by atoms with Crippen molar-refractivity contribution >= 4 is 23.4 Å². The third-order valence-corrected chi connectivity index (χ3v) is 3.44. The molecule has 0 unspecified atom stereocenters. The molecule has 0 aliphatic carbocycles. The molecule has 1 fully saturated rings. The monoisotopic (exact) mass is 269 g/mol. The number of esters is 1. The number of piperidine rings is 1. The van der Waals surface area contributed by atoms with Crippen LogP contribution in [-0.2, 0) is 9.53 Å². The maximum Gasteiger partial charge on any atom is 0.305 e. The maximum absolute atomic E-state index is 11.2. The third kappa shape index (κ3) is 3.32. The van der Waals surface area contributed by atoms with E-state index in [4.69, 9.17) is 11.6 Å². The molecule has 2 heterocycles. The number of hydrogen-bond acceptors (Lipinski definition) is 5. The second kappa shape index (κ2) is 6.00. The van der Waals surface area contributed by atoms with Gasteiger partial charge in [0.05, 0.1) is 7.11 Å². The maximum atomic E-state index is 11.2. The highest BCUT2D eigenvalue weighted by Crippen LogP contribution is 2.24. The Balaban J connectivity index is 1.86. The summed E-state index contributed by atoms with van der Waals surface area (Å²) >= 11 is 5.70. The largest absolute Gasteiger partial charge is 0.469 e. The minimum Gasteiger partial charge on any atom is -0.469 e. The van der Waals surface area contributed by atoms with Crippen molar-refractivity contribution in [3.05, 3.63) is 17.3 Å². The molecule has 0 spiro atoms. The van der Waals surface area contributed by atoms with Crippen LogP contribution in [0.3, 0.4) is 0 Å². The van der Waals surface area contributed by atoms with Crippen LogP contribution in [0.2, 0.25) is 5.15 Å². The van der Waals surface area contributed by atoms with Crippen LogP contribution in [0, 0.1) is 5.92 Å². The molecule has 0 N–H and O–H groups in total. The van der Waals surface area contributed by atoms with Crippen molar-refractivity contribution in [1.29, 1.82) is 0 Å². The van der Waals surface area contributed by atoms with Gasteiger partial charge in [0, 0.05) is 19.5 Å². The van der Waals surface area contributed by atoms with Gasteiger partial charge in [-0.25, -0.2) is 0 Å². The molecule has 0 radical (unpaired) electrons. The lowest BCUT2D eigenvalue weighted by molar-refractivity contribution is -0.141. The summed E-state index contributed by atoms with van der Waals surface area (Å²) in [6.45, 7) is 1.77. The summed E-state index contributed by atoms with van der Waals surface area (Å²) in [4.78, 5) is 13.4. The number of methoxy groups -OCH3 is 1. The van der Waals surface area contributed by atoms with Gasteiger partial charge in [0.2, 0.25) is 0 Å². The second-order valence-corrected chi connectivity index (χ2v) is 4.81. The zero-order valence-corrected chi connectivity index (χ0v) is 11.1. The molecule has 1 aromatic rings. The molecular formula is C12H16ClN3O2. The van der Waals surface area contributed by atoms with Crippen molar-refractivity contribution in [1.82, 2.24) is 10.2 Å². The SMILES string of the molecule is COC(=O)CC1CCN(c2ccc(Cl)nn2)CC1. The smallest absolute Gasteiger partial charge is 0.305 e. The van der Waals surface area contributed by atoms with Gasteiger partial charge in [0.25, 0.3) is 0 Å². The van der Waals surface area contributed by atoms with Gasteiger partial charge >= 0.3 is 5.97 Å². The van der Waals surface area contributed by atoms with Crippen molar-refractivity contribution in [2.45, 2.75) is 19.3 Å². The third-order valence-electron chi connectivity index (χ3n) is 3.24. The Hall–Kier alpha value is -1.36. The van der Waals surface area contributed by atoms with E-state index in [2.05, 4.69) is 19.8 Å². The Kier molecular flexibility index (Phi) is 4.36.